The van der Waals surface area contributed by atoms with Crippen LogP contribution in [-0.2, 0) is 0 Å². The van der Waals surface area contributed by atoms with E-state index in [0.717, 1.165) is 0 Å². The molecule has 3 N–H and O–H groups in total. The van der Waals surface area contributed by atoms with E-state index in [1.807, 2.05) is 0 Å². The molecule has 0 aliphatic rings. The molecule has 80 valence electrons. The second kappa shape index (κ2) is 4.04. The summed E-state index contributed by atoms with van der Waals surface area (Å²) in [5, 5.41) is 2.19. The molecule has 0 bridgehead atoms. The molecule has 1 aromatic rings. The summed E-state index contributed by atoms with van der Waals surface area (Å²) in [5.41, 5.74) is 4.28. The van der Waals surface area contributed by atoms with Crippen molar-refractivity contribution in [1.29, 1.82) is 0 Å². The minimum absolute atomic E-state index is 0.288. The van der Waals surface area contributed by atoms with Gasteiger partial charge in [0.2, 0.25) is 5.91 Å². The zero-order valence-corrected chi connectivity index (χ0v) is 7.80. The molecule has 0 saturated carbocycles. The van der Waals surface area contributed by atoms with Gasteiger partial charge in [0.25, 0.3) is 5.91 Å². The molecular weight excluding hydrogens is 206 g/mol. The van der Waals surface area contributed by atoms with Crippen LogP contribution >= 0.6 is 0 Å². The average Bonchev–Trinajstić information content (AvgIpc) is 2.20. The third kappa shape index (κ3) is 2.09. The molecule has 0 unspecified atom stereocenters. The van der Waals surface area contributed by atoms with Gasteiger partial charge in [-0.05, 0) is 12.1 Å². The number of hydrogen-bond acceptors (Lipinski definition) is 2. The Morgan fingerprint density at radius 2 is 1.67 bits per heavy atom. The molecule has 2 amide bonds. The fourth-order valence-corrected chi connectivity index (χ4v) is 1.07. The van der Waals surface area contributed by atoms with Crippen LogP contribution in [0.15, 0.2) is 12.1 Å². The molecule has 0 atom stereocenters. The highest BCUT2D eigenvalue weighted by molar-refractivity contribution is 6.06. The highest BCUT2D eigenvalue weighted by Gasteiger charge is 2.18. The summed E-state index contributed by atoms with van der Waals surface area (Å²) in [6.07, 6.45) is 0. The highest BCUT2D eigenvalue weighted by atomic mass is 19.2. The summed E-state index contributed by atoms with van der Waals surface area (Å²) in [7, 11) is 1.30. The Balaban J connectivity index is 3.41. The second-order valence-corrected chi connectivity index (χ2v) is 2.76. The minimum Gasteiger partial charge on any atom is -0.366 e. The van der Waals surface area contributed by atoms with Gasteiger partial charge >= 0.3 is 0 Å². The largest absolute Gasteiger partial charge is 0.366 e. The maximum atomic E-state index is 12.8. The van der Waals surface area contributed by atoms with Crippen molar-refractivity contribution in [2.75, 3.05) is 7.05 Å². The Labute approximate surface area is 84.1 Å². The number of amides is 2. The van der Waals surface area contributed by atoms with Gasteiger partial charge in [0, 0.05) is 7.05 Å². The summed E-state index contributed by atoms with van der Waals surface area (Å²) in [5.74, 6) is -4.13. The first-order valence-electron chi connectivity index (χ1n) is 3.98. The molecule has 0 spiro atoms. The normalized spacial score (nSPS) is 9.80. The van der Waals surface area contributed by atoms with Gasteiger partial charge in [-0.1, -0.05) is 0 Å². The van der Waals surface area contributed by atoms with Gasteiger partial charge < -0.3 is 11.1 Å². The van der Waals surface area contributed by atoms with Crippen molar-refractivity contribution in [2.24, 2.45) is 5.73 Å². The smallest absolute Gasteiger partial charge is 0.251 e. The van der Waals surface area contributed by atoms with Gasteiger partial charge in [0.05, 0.1) is 11.1 Å². The van der Waals surface area contributed by atoms with Crippen molar-refractivity contribution < 1.29 is 18.4 Å². The molecule has 0 aliphatic carbocycles. The fraction of sp³-hybridized carbons (Fsp3) is 0.111. The van der Waals surface area contributed by atoms with Crippen LogP contribution in [-0.4, -0.2) is 18.9 Å². The van der Waals surface area contributed by atoms with Crippen molar-refractivity contribution in [3.8, 4) is 0 Å². The van der Waals surface area contributed by atoms with E-state index < -0.39 is 23.4 Å². The van der Waals surface area contributed by atoms with Gasteiger partial charge in [-0.15, -0.1) is 0 Å². The SMILES string of the molecule is CNC(=O)c1cc(F)c(F)cc1C(N)=O. The van der Waals surface area contributed by atoms with Crippen LogP contribution in [0.5, 0.6) is 0 Å². The average molecular weight is 214 g/mol. The Kier molecular flexibility index (Phi) is 2.99. The standard InChI is InChI=1S/C9H8F2N2O2/c1-13-9(15)5-3-7(11)6(10)2-4(5)8(12)14/h2-3H,1H3,(H2,12,14)(H,13,15). The molecule has 6 heteroatoms. The van der Waals surface area contributed by atoms with E-state index in [4.69, 9.17) is 5.73 Å². The lowest BCUT2D eigenvalue weighted by Gasteiger charge is -2.05. The van der Waals surface area contributed by atoms with E-state index in [0.29, 0.717) is 12.1 Å². The number of rotatable bonds is 2. The minimum atomic E-state index is -1.23. The van der Waals surface area contributed by atoms with Crippen molar-refractivity contribution in [3.05, 3.63) is 34.9 Å². The Hall–Kier alpha value is -1.98. The first kappa shape index (κ1) is 11.1. The fourth-order valence-electron chi connectivity index (χ4n) is 1.07. The highest BCUT2D eigenvalue weighted by Crippen LogP contribution is 2.14. The van der Waals surface area contributed by atoms with Crippen LogP contribution in [0.25, 0.3) is 0 Å². The van der Waals surface area contributed by atoms with Crippen LogP contribution in [0, 0.1) is 11.6 Å². The lowest BCUT2D eigenvalue weighted by Crippen LogP contribution is -2.24. The maximum Gasteiger partial charge on any atom is 0.251 e. The van der Waals surface area contributed by atoms with Gasteiger partial charge in [0.1, 0.15) is 0 Å². The van der Waals surface area contributed by atoms with Crippen molar-refractivity contribution in [3.63, 3.8) is 0 Å². The topological polar surface area (TPSA) is 72.2 Å². The van der Waals surface area contributed by atoms with Gasteiger partial charge in [0.15, 0.2) is 11.6 Å². The molecule has 0 fully saturated rings. The lowest BCUT2D eigenvalue weighted by atomic mass is 10.1. The predicted molar refractivity (Wildman–Crippen MR) is 48.3 cm³/mol. The van der Waals surface area contributed by atoms with Gasteiger partial charge in [-0.25, -0.2) is 8.78 Å². The quantitative estimate of drug-likeness (QED) is 0.749. The third-order valence-corrected chi connectivity index (χ3v) is 1.80. The lowest BCUT2D eigenvalue weighted by molar-refractivity contribution is 0.0942. The Morgan fingerprint density at radius 3 is 2.07 bits per heavy atom. The van der Waals surface area contributed by atoms with Crippen LogP contribution in [0.3, 0.4) is 0 Å². The molecule has 0 saturated heterocycles. The number of nitrogens with two attached hydrogens (primary N) is 1. The zero-order chi connectivity index (χ0) is 11.6. The number of nitrogens with one attached hydrogen (secondary N) is 1. The summed E-state index contributed by atoms with van der Waals surface area (Å²) in [6, 6.07) is 1.23. The second-order valence-electron chi connectivity index (χ2n) is 2.76. The van der Waals surface area contributed by atoms with E-state index in [1.54, 1.807) is 0 Å². The van der Waals surface area contributed by atoms with E-state index >= 15 is 0 Å². The predicted octanol–water partition coefficient (Wildman–Crippen LogP) is 0.423. The number of hydrogen-bond donors (Lipinski definition) is 2. The molecule has 15 heavy (non-hydrogen) atoms. The van der Waals surface area contributed by atoms with Crippen LogP contribution < -0.4 is 11.1 Å². The number of primary amides is 1. The van der Waals surface area contributed by atoms with Crippen LogP contribution in [0.4, 0.5) is 8.78 Å². The van der Waals surface area contributed by atoms with Crippen molar-refractivity contribution >= 4 is 11.8 Å². The summed E-state index contributed by atoms with van der Waals surface area (Å²) < 4.78 is 25.6. The molecule has 0 heterocycles. The van der Waals surface area contributed by atoms with E-state index in [1.165, 1.54) is 7.05 Å². The van der Waals surface area contributed by atoms with Gasteiger partial charge in [-0.2, -0.15) is 0 Å². The molecular formula is C9H8F2N2O2. The molecule has 4 nitrogen and oxygen atoms in total. The molecule has 0 radical (unpaired) electrons. The Bertz CT molecular complexity index is 432. The van der Waals surface area contributed by atoms with Crippen LogP contribution in [0.1, 0.15) is 20.7 Å². The van der Waals surface area contributed by atoms with E-state index in [2.05, 4.69) is 5.32 Å². The summed E-state index contributed by atoms with van der Waals surface area (Å²) in [4.78, 5) is 22.1. The maximum absolute atomic E-state index is 12.8. The molecule has 0 aliphatic heterocycles. The number of halogens is 2. The number of carbonyl (C=O) groups is 2. The van der Waals surface area contributed by atoms with Crippen molar-refractivity contribution in [1.82, 2.24) is 5.32 Å². The number of carbonyl (C=O) groups excluding carboxylic acids is 2. The molecule has 1 aromatic carbocycles. The van der Waals surface area contributed by atoms with Gasteiger partial charge in [-0.3, -0.25) is 9.59 Å². The van der Waals surface area contributed by atoms with Crippen LogP contribution in [0.2, 0.25) is 0 Å². The molecule has 1 rings (SSSR count). The zero-order valence-electron chi connectivity index (χ0n) is 7.80. The van der Waals surface area contributed by atoms with Crippen molar-refractivity contribution in [2.45, 2.75) is 0 Å². The summed E-state index contributed by atoms with van der Waals surface area (Å²) >= 11 is 0. The monoisotopic (exact) mass is 214 g/mol. The molecule has 0 aromatic heterocycles. The first-order chi connectivity index (χ1) is 6.97. The van der Waals surface area contributed by atoms with E-state index in [-0.39, 0.29) is 11.1 Å². The Morgan fingerprint density at radius 1 is 1.20 bits per heavy atom. The summed E-state index contributed by atoms with van der Waals surface area (Å²) in [6.45, 7) is 0. The third-order valence-electron chi connectivity index (χ3n) is 1.80. The number of benzene rings is 1. The van der Waals surface area contributed by atoms with E-state index in [9.17, 15) is 18.4 Å². The first-order valence-corrected chi connectivity index (χ1v) is 3.98.